The molecule has 6 heteroatoms. The van der Waals surface area contributed by atoms with Crippen LogP contribution in [0, 0.1) is 0 Å². The molecule has 3 aliphatic rings. The van der Waals surface area contributed by atoms with Crippen LogP contribution in [0.1, 0.15) is 29.5 Å². The highest BCUT2D eigenvalue weighted by atomic mass is 32.2. The Hall–Kier alpha value is -2.44. The van der Waals surface area contributed by atoms with Crippen molar-refractivity contribution in [3.8, 4) is 0 Å². The molecular weight excluding hydrogens is 358 g/mol. The van der Waals surface area contributed by atoms with Crippen LogP contribution in [0.5, 0.6) is 0 Å². The minimum Gasteiger partial charge on any atom is -0.365 e. The van der Waals surface area contributed by atoms with Crippen molar-refractivity contribution in [3.63, 3.8) is 0 Å². The number of amides is 1. The largest absolute Gasteiger partial charge is 0.365 e. The second kappa shape index (κ2) is 6.62. The molecule has 0 N–H and O–H groups in total. The number of benzene rings is 1. The Balaban J connectivity index is 1.29. The molecule has 5 rings (SSSR count). The third-order valence-electron chi connectivity index (χ3n) is 5.45. The average Bonchev–Trinajstić information content (AvgIpc) is 3.25. The lowest BCUT2D eigenvalue weighted by atomic mass is 9.84. The minimum absolute atomic E-state index is 0.165. The van der Waals surface area contributed by atoms with Crippen LogP contribution in [-0.4, -0.2) is 34.0 Å². The Labute approximate surface area is 162 Å². The molecule has 136 valence electrons. The molecule has 0 radical (unpaired) electrons. The van der Waals surface area contributed by atoms with Crippen LogP contribution in [0.2, 0.25) is 0 Å². The maximum atomic E-state index is 12.3. The molecule has 0 saturated carbocycles. The number of carbonyl (C=O) groups is 1. The first-order valence-corrected chi connectivity index (χ1v) is 9.95. The topological polar surface area (TPSA) is 54.8 Å². The molecule has 1 aromatic heterocycles. The number of carbonyl (C=O) groups excluding carboxylic acids is 1. The van der Waals surface area contributed by atoms with Crippen molar-refractivity contribution in [1.29, 1.82) is 0 Å². The van der Waals surface area contributed by atoms with Gasteiger partial charge in [0, 0.05) is 25.5 Å². The quantitative estimate of drug-likeness (QED) is 0.711. The molecule has 0 atom stereocenters. The van der Waals surface area contributed by atoms with E-state index in [1.807, 2.05) is 18.2 Å². The Morgan fingerprint density at radius 1 is 1.15 bits per heavy atom. The number of likely N-dealkylation sites (tertiary alicyclic amines) is 1. The molecule has 0 aliphatic carbocycles. The maximum absolute atomic E-state index is 12.3. The predicted molar refractivity (Wildman–Crippen MR) is 106 cm³/mol. The van der Waals surface area contributed by atoms with E-state index in [4.69, 9.17) is 4.74 Å². The summed E-state index contributed by atoms with van der Waals surface area (Å²) in [6, 6.07) is 12.3. The van der Waals surface area contributed by atoms with Gasteiger partial charge in [-0.25, -0.2) is 0 Å². The summed E-state index contributed by atoms with van der Waals surface area (Å²) in [6.45, 7) is 2.38. The average molecular weight is 377 g/mol. The van der Waals surface area contributed by atoms with Gasteiger partial charge in [-0.15, -0.1) is 0 Å². The molecule has 1 spiro atoms. The van der Waals surface area contributed by atoms with E-state index in [0.717, 1.165) is 36.7 Å². The standard InChI is InChI=1S/C21H19N3O2S/c25-19-18(12-15-4-3-9-22-13-15)27-20(23-19)24-10-7-21(8-11-24)17-6-2-1-5-16(17)14-26-21/h1-6,9,12-13H,7-8,10-11,14H2. The Bertz CT molecular complexity index is 947. The van der Waals surface area contributed by atoms with Gasteiger partial charge in [0.25, 0.3) is 5.91 Å². The lowest BCUT2D eigenvalue weighted by molar-refractivity contribution is -0.113. The molecule has 3 aliphatic heterocycles. The van der Waals surface area contributed by atoms with Crippen LogP contribution in [0.4, 0.5) is 0 Å². The molecular formula is C21H19N3O2S. The fourth-order valence-electron chi connectivity index (χ4n) is 4.00. The van der Waals surface area contributed by atoms with Crippen molar-refractivity contribution >= 4 is 28.9 Å². The van der Waals surface area contributed by atoms with E-state index in [1.165, 1.54) is 22.9 Å². The second-order valence-electron chi connectivity index (χ2n) is 7.02. The summed E-state index contributed by atoms with van der Waals surface area (Å²) in [7, 11) is 0. The van der Waals surface area contributed by atoms with Gasteiger partial charge in [-0.3, -0.25) is 9.78 Å². The highest BCUT2D eigenvalue weighted by Crippen LogP contribution is 2.45. The summed E-state index contributed by atoms with van der Waals surface area (Å²) in [5, 5.41) is 0.802. The van der Waals surface area contributed by atoms with Crippen LogP contribution < -0.4 is 0 Å². The van der Waals surface area contributed by atoms with Gasteiger partial charge in [-0.2, -0.15) is 4.99 Å². The SMILES string of the molecule is O=C1N=C(N2CCC3(CC2)OCc2ccccc23)SC1=Cc1cccnc1. The summed E-state index contributed by atoms with van der Waals surface area (Å²) >= 11 is 1.46. The first kappa shape index (κ1) is 16.7. The van der Waals surface area contributed by atoms with Crippen LogP contribution in [-0.2, 0) is 21.7 Å². The van der Waals surface area contributed by atoms with E-state index in [-0.39, 0.29) is 11.5 Å². The lowest BCUT2D eigenvalue weighted by Crippen LogP contribution is -2.44. The number of hydrogen-bond acceptors (Lipinski definition) is 5. The number of aliphatic imine (C=N–C) groups is 1. The fourth-order valence-corrected chi connectivity index (χ4v) is 4.97. The van der Waals surface area contributed by atoms with Gasteiger partial charge in [0.2, 0.25) is 0 Å². The van der Waals surface area contributed by atoms with Crippen molar-refractivity contribution in [2.75, 3.05) is 13.1 Å². The Morgan fingerprint density at radius 3 is 2.81 bits per heavy atom. The highest BCUT2D eigenvalue weighted by molar-refractivity contribution is 8.18. The van der Waals surface area contributed by atoms with Gasteiger partial charge in [0.05, 0.1) is 17.1 Å². The third kappa shape index (κ3) is 2.99. The van der Waals surface area contributed by atoms with Crippen LogP contribution in [0.25, 0.3) is 6.08 Å². The molecule has 4 heterocycles. The zero-order valence-corrected chi connectivity index (χ0v) is 15.6. The van der Waals surface area contributed by atoms with E-state index in [1.54, 1.807) is 12.4 Å². The molecule has 0 unspecified atom stereocenters. The van der Waals surface area contributed by atoms with Gasteiger partial charge in [-0.1, -0.05) is 30.3 Å². The Morgan fingerprint density at radius 2 is 2.00 bits per heavy atom. The van der Waals surface area contributed by atoms with Crippen LogP contribution >= 0.6 is 11.8 Å². The van der Waals surface area contributed by atoms with Crippen molar-refractivity contribution < 1.29 is 9.53 Å². The lowest BCUT2D eigenvalue weighted by Gasteiger charge is -2.39. The van der Waals surface area contributed by atoms with E-state index in [2.05, 4.69) is 39.1 Å². The zero-order valence-electron chi connectivity index (χ0n) is 14.8. The van der Waals surface area contributed by atoms with Crippen LogP contribution in [0.15, 0.2) is 58.7 Å². The van der Waals surface area contributed by atoms with E-state index < -0.39 is 0 Å². The highest BCUT2D eigenvalue weighted by Gasteiger charge is 2.43. The second-order valence-corrected chi connectivity index (χ2v) is 8.03. The van der Waals surface area contributed by atoms with Gasteiger partial charge in [-0.05, 0) is 53.4 Å². The molecule has 1 amide bonds. The van der Waals surface area contributed by atoms with Gasteiger partial charge < -0.3 is 9.64 Å². The third-order valence-corrected chi connectivity index (χ3v) is 6.49. The molecule has 5 nitrogen and oxygen atoms in total. The minimum atomic E-state index is -0.171. The van der Waals surface area contributed by atoms with Gasteiger partial charge >= 0.3 is 0 Å². The molecule has 1 aromatic carbocycles. The summed E-state index contributed by atoms with van der Waals surface area (Å²) in [5.74, 6) is -0.165. The van der Waals surface area contributed by atoms with Crippen molar-refractivity contribution in [2.24, 2.45) is 4.99 Å². The molecule has 0 bridgehead atoms. The number of thioether (sulfide) groups is 1. The first-order chi connectivity index (χ1) is 13.2. The number of amidine groups is 1. The number of piperidine rings is 1. The number of rotatable bonds is 1. The fraction of sp³-hybridized carbons (Fsp3) is 0.286. The maximum Gasteiger partial charge on any atom is 0.286 e. The van der Waals surface area contributed by atoms with E-state index in [0.29, 0.717) is 11.5 Å². The summed E-state index contributed by atoms with van der Waals surface area (Å²) in [4.78, 5) is 23.5. The smallest absolute Gasteiger partial charge is 0.286 e. The molecule has 1 fully saturated rings. The number of aromatic nitrogens is 1. The van der Waals surface area contributed by atoms with Crippen molar-refractivity contribution in [1.82, 2.24) is 9.88 Å². The van der Waals surface area contributed by atoms with E-state index in [9.17, 15) is 4.79 Å². The van der Waals surface area contributed by atoms with Crippen LogP contribution in [0.3, 0.4) is 0 Å². The summed E-state index contributed by atoms with van der Waals surface area (Å²) < 4.78 is 6.23. The summed E-state index contributed by atoms with van der Waals surface area (Å²) in [5.41, 5.74) is 3.38. The zero-order chi connectivity index (χ0) is 18.3. The molecule has 2 aromatic rings. The Kier molecular flexibility index (Phi) is 4.10. The summed E-state index contributed by atoms with van der Waals surface area (Å²) in [6.07, 6.45) is 7.16. The number of fused-ring (bicyclic) bond motifs is 2. The van der Waals surface area contributed by atoms with Gasteiger partial charge in [0.1, 0.15) is 0 Å². The number of pyridine rings is 1. The molecule has 27 heavy (non-hydrogen) atoms. The number of hydrogen-bond donors (Lipinski definition) is 0. The van der Waals surface area contributed by atoms with Gasteiger partial charge in [0.15, 0.2) is 5.17 Å². The van der Waals surface area contributed by atoms with Crippen molar-refractivity contribution in [3.05, 3.63) is 70.4 Å². The van der Waals surface area contributed by atoms with Crippen molar-refractivity contribution in [2.45, 2.75) is 25.0 Å². The number of ether oxygens (including phenoxy) is 1. The normalized spacial score (nSPS) is 22.4. The molecule has 1 saturated heterocycles. The number of nitrogens with zero attached hydrogens (tertiary/aromatic N) is 3. The predicted octanol–water partition coefficient (Wildman–Crippen LogP) is 3.57. The van der Waals surface area contributed by atoms with E-state index >= 15 is 0 Å². The first-order valence-electron chi connectivity index (χ1n) is 9.13. The monoisotopic (exact) mass is 377 g/mol.